The number of amides is 2. The predicted octanol–water partition coefficient (Wildman–Crippen LogP) is 6.60. The van der Waals surface area contributed by atoms with Gasteiger partial charge in [-0.3, -0.25) is 0 Å². The van der Waals surface area contributed by atoms with Crippen LogP contribution in [0, 0.1) is 3.57 Å². The number of nitrogens with one attached hydrogen (secondary N) is 2. The molecular weight excluding hydrogens is 1060 g/mol. The van der Waals surface area contributed by atoms with Gasteiger partial charge >= 0.3 is 12.2 Å². The van der Waals surface area contributed by atoms with E-state index in [1.54, 1.807) is 113 Å². The van der Waals surface area contributed by atoms with Gasteiger partial charge in [0.25, 0.3) is 0 Å². The van der Waals surface area contributed by atoms with Crippen molar-refractivity contribution in [2.75, 3.05) is 34.4 Å². The number of likely N-dealkylation sites (tertiary alicyclic amines) is 1. The summed E-state index contributed by atoms with van der Waals surface area (Å²) in [6.45, 7) is 4.25. The first kappa shape index (κ1) is 51.5. The fourth-order valence-electron chi connectivity index (χ4n) is 7.47. The van der Waals surface area contributed by atoms with Crippen LogP contribution in [0.15, 0.2) is 125 Å². The molecule has 22 heteroatoms. The first-order chi connectivity index (χ1) is 33.3. The summed E-state index contributed by atoms with van der Waals surface area (Å²) < 4.78 is 93.2. The zero-order valence-corrected chi connectivity index (χ0v) is 43.0. The van der Waals surface area contributed by atoms with E-state index >= 15 is 16.8 Å². The summed E-state index contributed by atoms with van der Waals surface area (Å²) in [6, 6.07) is 30.1. The highest BCUT2D eigenvalue weighted by Gasteiger charge is 2.43. The maximum absolute atomic E-state index is 15.8. The number of sulfonamides is 2. The van der Waals surface area contributed by atoms with E-state index in [0.29, 0.717) is 37.5 Å². The number of halogens is 1. The molecule has 19 nitrogen and oxygen atoms in total. The predicted molar refractivity (Wildman–Crippen MR) is 266 cm³/mol. The summed E-state index contributed by atoms with van der Waals surface area (Å²) in [5, 5.41) is 15.8. The van der Waals surface area contributed by atoms with Crippen molar-refractivity contribution < 1.29 is 50.1 Å². The van der Waals surface area contributed by atoms with Gasteiger partial charge in [0.15, 0.2) is 0 Å². The summed E-state index contributed by atoms with van der Waals surface area (Å²) in [7, 11) is -5.24. The van der Waals surface area contributed by atoms with Crippen molar-refractivity contribution in [1.82, 2.24) is 39.5 Å². The Kier molecular flexibility index (Phi) is 16.3. The molecule has 1 aliphatic heterocycles. The van der Waals surface area contributed by atoms with E-state index < -0.39 is 59.7 Å². The van der Waals surface area contributed by atoms with Gasteiger partial charge in [0.2, 0.25) is 25.9 Å². The van der Waals surface area contributed by atoms with E-state index in [0.717, 1.165) is 5.56 Å². The monoisotopic (exact) mass is 1110 g/mol. The maximum Gasteiger partial charge on any atom is 0.410 e. The Morgan fingerprint density at radius 1 is 0.729 bits per heavy atom. The van der Waals surface area contributed by atoms with E-state index in [1.807, 2.05) is 40.8 Å². The van der Waals surface area contributed by atoms with E-state index in [9.17, 15) is 9.59 Å². The maximum atomic E-state index is 15.8. The number of nitrogens with zero attached hydrogens (tertiary/aromatic N) is 6. The molecule has 370 valence electrons. The zero-order valence-electron chi connectivity index (χ0n) is 39.2. The van der Waals surface area contributed by atoms with Crippen molar-refractivity contribution in [2.45, 2.75) is 74.5 Å². The molecule has 5 aromatic carbocycles. The summed E-state index contributed by atoms with van der Waals surface area (Å²) in [4.78, 5) is 28.0. The van der Waals surface area contributed by atoms with Crippen molar-refractivity contribution in [2.24, 2.45) is 0 Å². The largest absolute Gasteiger partial charge is 0.497 e. The molecule has 2 heterocycles. The van der Waals surface area contributed by atoms with Crippen molar-refractivity contribution in [3.63, 3.8) is 0 Å². The Morgan fingerprint density at radius 3 is 1.81 bits per heavy atom. The summed E-state index contributed by atoms with van der Waals surface area (Å²) in [6.07, 6.45) is -1.63. The first-order valence-corrected chi connectivity index (χ1v) is 25.8. The normalized spacial score (nSPS) is 15.1. The van der Waals surface area contributed by atoms with Crippen molar-refractivity contribution >= 4 is 54.8 Å². The molecule has 1 aromatic heterocycles. The lowest BCUT2D eigenvalue weighted by atomic mass is 10.2. The van der Waals surface area contributed by atoms with Gasteiger partial charge in [-0.15, -0.1) is 10.2 Å². The fraction of sp³-hybridized carbons (Fsp3) is 0.312. The number of benzene rings is 5. The molecule has 1 aliphatic rings. The smallest absolute Gasteiger partial charge is 0.410 e. The number of carbonyl (C=O) groups is 2. The van der Waals surface area contributed by atoms with Crippen LogP contribution in [-0.4, -0.2) is 111 Å². The molecule has 2 amide bonds. The van der Waals surface area contributed by atoms with Gasteiger partial charge in [-0.25, -0.2) is 31.1 Å². The average molecular weight is 1110 g/mol. The van der Waals surface area contributed by atoms with Crippen LogP contribution >= 0.6 is 22.6 Å². The number of alkyl carbamates (subject to hydrolysis) is 1. The van der Waals surface area contributed by atoms with Gasteiger partial charge in [-0.05, 0) is 119 Å². The highest BCUT2D eigenvalue weighted by atomic mass is 127. The van der Waals surface area contributed by atoms with Crippen molar-refractivity contribution in [1.29, 1.82) is 0 Å². The molecule has 2 N–H and O–H groups in total. The summed E-state index contributed by atoms with van der Waals surface area (Å²) in [5.41, 5.74) is 1.60. The number of aromatic nitrogens is 4. The van der Waals surface area contributed by atoms with E-state index in [-0.39, 0.29) is 50.7 Å². The quantitative estimate of drug-likeness (QED) is 0.0866. The van der Waals surface area contributed by atoms with Crippen molar-refractivity contribution in [3.05, 3.63) is 141 Å². The number of tetrazole rings is 1. The Bertz CT molecular complexity index is 2940. The molecule has 0 spiro atoms. The van der Waals surface area contributed by atoms with Crippen molar-refractivity contribution in [3.8, 4) is 28.6 Å². The minimum absolute atomic E-state index is 0.0828. The highest BCUT2D eigenvalue weighted by molar-refractivity contribution is 14.1. The van der Waals surface area contributed by atoms with Gasteiger partial charge in [-0.2, -0.15) is 9.10 Å². The molecule has 0 saturated carbocycles. The van der Waals surface area contributed by atoms with Gasteiger partial charge in [-0.1, -0.05) is 66.7 Å². The third-order valence-electron chi connectivity index (χ3n) is 10.9. The number of rotatable bonds is 18. The van der Waals surface area contributed by atoms with Crippen LogP contribution in [-0.2, 0) is 55.8 Å². The van der Waals surface area contributed by atoms with Crippen LogP contribution in [0.4, 0.5) is 9.59 Å². The van der Waals surface area contributed by atoms with Crippen LogP contribution in [0.5, 0.6) is 17.2 Å². The van der Waals surface area contributed by atoms with E-state index in [2.05, 4.69) is 25.4 Å². The van der Waals surface area contributed by atoms with Gasteiger partial charge in [0, 0.05) is 29.7 Å². The number of methoxy groups -OCH3 is 3. The Morgan fingerprint density at radius 2 is 1.27 bits per heavy atom. The molecule has 6 aromatic rings. The Balaban J connectivity index is 1.33. The molecule has 70 heavy (non-hydrogen) atoms. The molecular formula is C48H53IN8O11S2. The van der Waals surface area contributed by atoms with Gasteiger partial charge in [0.1, 0.15) is 39.2 Å². The standard InChI is InChI=1S/C48H53IN8O11S2/c1-48(2,3)68-47(59)55-29-40(50-46(58)67-31-35-10-8-7-9-11-35)41(30-55)53-69(60,61)42-25-24-39(49)43(45-51-54-57(52-45)28-34-16-22-38(66-6)23-17-34)44(42)70(62,63)56(26-32-12-18-36(64-4)19-13-32)27-33-14-20-37(65-5)21-15-33/h7-25,40-41,53H,26-31H2,1-6H3,(H,50,58)/t40-,41+/m1/s1. The zero-order chi connectivity index (χ0) is 50.2. The number of hydrogen-bond acceptors (Lipinski definition) is 14. The topological polar surface area (TPSA) is 223 Å². The minimum atomic E-state index is -4.92. The minimum Gasteiger partial charge on any atom is -0.497 e. The van der Waals surface area contributed by atoms with Crippen LogP contribution in [0.1, 0.15) is 43.0 Å². The lowest BCUT2D eigenvalue weighted by Gasteiger charge is -2.26. The van der Waals surface area contributed by atoms with Crippen LogP contribution in [0.3, 0.4) is 0 Å². The number of hydrogen-bond donors (Lipinski definition) is 2. The molecule has 0 bridgehead atoms. The molecule has 2 atom stereocenters. The van der Waals surface area contributed by atoms with Crippen LogP contribution < -0.4 is 24.2 Å². The second-order valence-corrected chi connectivity index (χ2v) is 21.9. The van der Waals surface area contributed by atoms with Crippen LogP contribution in [0.25, 0.3) is 11.4 Å². The van der Waals surface area contributed by atoms with E-state index in [1.165, 1.54) is 40.4 Å². The third kappa shape index (κ3) is 12.9. The summed E-state index contributed by atoms with van der Waals surface area (Å²) in [5.74, 6) is 1.57. The molecule has 1 saturated heterocycles. The van der Waals surface area contributed by atoms with E-state index in [4.69, 9.17) is 23.7 Å². The number of carbonyl (C=O) groups excluding carboxylic acids is 2. The Hall–Kier alpha value is -6.34. The third-order valence-corrected chi connectivity index (χ3v) is 15.4. The summed E-state index contributed by atoms with van der Waals surface area (Å²) >= 11 is 1.92. The second kappa shape index (κ2) is 22.2. The molecule has 0 radical (unpaired) electrons. The van der Waals surface area contributed by atoms with Gasteiger partial charge in [0.05, 0.1) is 45.5 Å². The number of ether oxygens (including phenoxy) is 5. The lowest BCUT2D eigenvalue weighted by Crippen LogP contribution is -2.51. The lowest BCUT2D eigenvalue weighted by molar-refractivity contribution is 0.0287. The second-order valence-electron chi connectivity index (χ2n) is 17.1. The van der Waals surface area contributed by atoms with Gasteiger partial charge < -0.3 is 33.9 Å². The molecule has 1 fully saturated rings. The Labute approximate surface area is 420 Å². The average Bonchev–Trinajstić information content (AvgIpc) is 3.97. The SMILES string of the molecule is COc1ccc(CN(Cc2ccc(OC)cc2)S(=O)(=O)c2c(S(=O)(=O)N[C@H]3CN(C(=O)OC(C)(C)C)C[C@H]3NC(=O)OCc3ccccc3)ccc(I)c2-c2nnn(Cc3ccc(OC)cc3)n2)cc1. The molecule has 7 rings (SSSR count). The fourth-order valence-corrected chi connectivity index (χ4v) is 12.0. The molecule has 0 aliphatic carbocycles. The highest BCUT2D eigenvalue weighted by Crippen LogP contribution is 2.38. The molecule has 0 unspecified atom stereocenters. The first-order valence-electron chi connectivity index (χ1n) is 21.8. The van der Waals surface area contributed by atoms with Crippen LogP contribution in [0.2, 0.25) is 0 Å².